The first-order valence-corrected chi connectivity index (χ1v) is 10.9. The van der Waals surface area contributed by atoms with Gasteiger partial charge in [0.25, 0.3) is 0 Å². The zero-order valence-corrected chi connectivity index (χ0v) is 16.7. The Morgan fingerprint density at radius 2 is 1.72 bits per heavy atom. The van der Waals surface area contributed by atoms with E-state index >= 15 is 0 Å². The number of aliphatic hydroxyl groups is 1. The second kappa shape index (κ2) is 6.41. The highest BCUT2D eigenvalue weighted by atomic mass is 32.1. The molecule has 6 rings (SSSR count). The standard InChI is InChI=1S/C21H23F3N2O2S/c22-21(23,24)20(28,18-25-15-3-1-2-4-16(15)29-18)11-17(27)26-19-8-12-5-13(9-19)7-14(6-12)10-19/h1-4,12-14,28H,5-11H2,(H,26,27). The van der Waals surface area contributed by atoms with Crippen molar-refractivity contribution in [1.82, 2.24) is 10.3 Å². The minimum absolute atomic E-state index is 0.386. The molecule has 1 atom stereocenters. The van der Waals surface area contributed by atoms with Crippen molar-refractivity contribution < 1.29 is 23.1 Å². The first-order valence-electron chi connectivity index (χ1n) is 10.1. The van der Waals surface area contributed by atoms with Crippen molar-refractivity contribution >= 4 is 27.5 Å². The Labute approximate surface area is 170 Å². The van der Waals surface area contributed by atoms with Crippen molar-refractivity contribution in [3.63, 3.8) is 0 Å². The highest BCUT2D eigenvalue weighted by Gasteiger charge is 2.59. The number of benzene rings is 1. The number of alkyl halides is 3. The molecule has 1 unspecified atom stereocenters. The minimum atomic E-state index is -5.00. The van der Waals surface area contributed by atoms with Crippen LogP contribution in [0.15, 0.2) is 24.3 Å². The molecule has 4 bridgehead atoms. The van der Waals surface area contributed by atoms with Gasteiger partial charge in [-0.1, -0.05) is 12.1 Å². The highest BCUT2D eigenvalue weighted by Crippen LogP contribution is 2.56. The fraction of sp³-hybridized carbons (Fsp3) is 0.619. The summed E-state index contributed by atoms with van der Waals surface area (Å²) in [5, 5.41) is 13.1. The summed E-state index contributed by atoms with van der Waals surface area (Å²) in [6.45, 7) is 0. The van der Waals surface area contributed by atoms with Crippen LogP contribution in [0, 0.1) is 17.8 Å². The lowest BCUT2D eigenvalue weighted by Crippen LogP contribution is -2.60. The molecule has 4 fully saturated rings. The predicted molar refractivity (Wildman–Crippen MR) is 103 cm³/mol. The number of aromatic nitrogens is 1. The van der Waals surface area contributed by atoms with Crippen molar-refractivity contribution in [3.05, 3.63) is 29.3 Å². The molecular formula is C21H23F3N2O2S. The van der Waals surface area contributed by atoms with Crippen molar-refractivity contribution in [2.75, 3.05) is 0 Å². The summed E-state index contributed by atoms with van der Waals surface area (Å²) in [6.07, 6.45) is -0.00529. The summed E-state index contributed by atoms with van der Waals surface area (Å²) in [5.74, 6) is 0.943. The first-order chi connectivity index (χ1) is 13.7. The van der Waals surface area contributed by atoms with Crippen LogP contribution < -0.4 is 5.32 Å². The Morgan fingerprint density at radius 3 is 2.28 bits per heavy atom. The van der Waals surface area contributed by atoms with Gasteiger partial charge in [-0.3, -0.25) is 4.79 Å². The Hall–Kier alpha value is -1.67. The summed E-state index contributed by atoms with van der Waals surface area (Å²) < 4.78 is 42.3. The predicted octanol–water partition coefficient (Wildman–Crippen LogP) is 4.52. The number of carbonyl (C=O) groups is 1. The van der Waals surface area contributed by atoms with Crippen molar-refractivity contribution in [2.45, 2.75) is 62.3 Å². The van der Waals surface area contributed by atoms with Gasteiger partial charge in [-0.25, -0.2) is 4.98 Å². The Kier molecular flexibility index (Phi) is 4.27. The molecule has 0 radical (unpaired) electrons. The Balaban J connectivity index is 1.40. The lowest BCUT2D eigenvalue weighted by Gasteiger charge is -2.57. The van der Waals surface area contributed by atoms with Crippen molar-refractivity contribution in [1.29, 1.82) is 0 Å². The second-order valence-corrected chi connectivity index (χ2v) is 10.3. The van der Waals surface area contributed by atoms with Crippen LogP contribution in [0.25, 0.3) is 10.2 Å². The summed E-state index contributed by atoms with van der Waals surface area (Å²) in [7, 11) is 0. The van der Waals surface area contributed by atoms with Gasteiger partial charge in [0.05, 0.1) is 16.6 Å². The van der Waals surface area contributed by atoms with E-state index in [9.17, 15) is 23.1 Å². The smallest absolute Gasteiger partial charge is 0.374 e. The molecule has 156 valence electrons. The van der Waals surface area contributed by atoms with Crippen LogP contribution in [-0.4, -0.2) is 27.7 Å². The van der Waals surface area contributed by atoms with E-state index in [1.807, 2.05) is 0 Å². The summed E-state index contributed by atoms with van der Waals surface area (Å²) in [5.41, 5.74) is -3.30. The summed E-state index contributed by atoms with van der Waals surface area (Å²) >= 11 is 0.782. The van der Waals surface area contributed by atoms with Crippen LogP contribution >= 0.6 is 11.3 Å². The summed E-state index contributed by atoms with van der Waals surface area (Å²) in [4.78, 5) is 16.8. The molecule has 2 N–H and O–H groups in total. The normalized spacial score (nSPS) is 33.0. The zero-order chi connectivity index (χ0) is 20.4. The zero-order valence-electron chi connectivity index (χ0n) is 15.8. The molecule has 1 aromatic carbocycles. The Morgan fingerprint density at radius 1 is 1.14 bits per heavy atom. The van der Waals surface area contributed by atoms with E-state index < -0.39 is 34.7 Å². The highest BCUT2D eigenvalue weighted by molar-refractivity contribution is 7.18. The third kappa shape index (κ3) is 3.24. The quantitative estimate of drug-likeness (QED) is 0.759. The van der Waals surface area contributed by atoms with Crippen LogP contribution in [-0.2, 0) is 10.4 Å². The number of halogens is 3. The molecule has 4 saturated carbocycles. The first kappa shape index (κ1) is 19.3. The molecule has 1 heterocycles. The number of nitrogens with zero attached hydrogens (tertiary/aromatic N) is 1. The SMILES string of the molecule is O=C(CC(O)(c1nc2ccccc2s1)C(F)(F)F)NC12CC3CC(CC(C3)C1)C2. The van der Waals surface area contributed by atoms with Gasteiger partial charge in [0.1, 0.15) is 5.01 Å². The van der Waals surface area contributed by atoms with Gasteiger partial charge in [0, 0.05) is 5.54 Å². The van der Waals surface area contributed by atoms with Gasteiger partial charge in [-0.05, 0) is 68.4 Å². The van der Waals surface area contributed by atoms with Crippen LogP contribution in [0.3, 0.4) is 0 Å². The van der Waals surface area contributed by atoms with Gasteiger partial charge < -0.3 is 10.4 Å². The van der Waals surface area contributed by atoms with E-state index in [0.29, 0.717) is 28.0 Å². The molecule has 29 heavy (non-hydrogen) atoms. The molecule has 0 aliphatic heterocycles. The van der Waals surface area contributed by atoms with Crippen LogP contribution in [0.4, 0.5) is 13.2 Å². The third-order valence-electron chi connectivity index (χ3n) is 6.98. The van der Waals surface area contributed by atoms with Crippen LogP contribution in [0.1, 0.15) is 50.0 Å². The molecular weight excluding hydrogens is 401 g/mol. The molecule has 4 aliphatic rings. The average Bonchev–Trinajstić information content (AvgIpc) is 3.03. The van der Waals surface area contributed by atoms with Crippen LogP contribution in [0.2, 0.25) is 0 Å². The molecule has 1 aromatic heterocycles. The maximum atomic E-state index is 13.9. The molecule has 2 aromatic rings. The number of hydrogen-bond acceptors (Lipinski definition) is 4. The molecule has 0 spiro atoms. The van der Waals surface area contributed by atoms with E-state index in [1.165, 1.54) is 19.3 Å². The number of nitrogens with one attached hydrogen (secondary N) is 1. The number of carbonyl (C=O) groups excluding carboxylic acids is 1. The molecule has 8 heteroatoms. The van der Waals surface area contributed by atoms with Crippen molar-refractivity contribution in [2.24, 2.45) is 17.8 Å². The van der Waals surface area contributed by atoms with Crippen molar-refractivity contribution in [3.8, 4) is 0 Å². The maximum Gasteiger partial charge on any atom is 0.424 e. The monoisotopic (exact) mass is 424 g/mol. The van der Waals surface area contributed by atoms with E-state index in [2.05, 4.69) is 10.3 Å². The lowest BCUT2D eigenvalue weighted by atomic mass is 9.53. The number of hydrogen-bond donors (Lipinski definition) is 2. The van der Waals surface area contributed by atoms with Gasteiger partial charge in [-0.15, -0.1) is 11.3 Å². The number of rotatable bonds is 4. The van der Waals surface area contributed by atoms with Gasteiger partial charge >= 0.3 is 6.18 Å². The Bertz CT molecular complexity index is 889. The van der Waals surface area contributed by atoms with Crippen LogP contribution in [0.5, 0.6) is 0 Å². The molecule has 4 nitrogen and oxygen atoms in total. The van der Waals surface area contributed by atoms with E-state index in [1.54, 1.807) is 24.3 Å². The number of amides is 1. The fourth-order valence-corrected chi connectivity index (χ4v) is 7.26. The largest absolute Gasteiger partial charge is 0.424 e. The molecule has 0 saturated heterocycles. The van der Waals surface area contributed by atoms with Gasteiger partial charge in [0.15, 0.2) is 0 Å². The average molecular weight is 424 g/mol. The van der Waals surface area contributed by atoms with Gasteiger partial charge in [-0.2, -0.15) is 13.2 Å². The maximum absolute atomic E-state index is 13.9. The van der Waals surface area contributed by atoms with E-state index in [-0.39, 0.29) is 0 Å². The minimum Gasteiger partial charge on any atom is -0.374 e. The molecule has 1 amide bonds. The van der Waals surface area contributed by atoms with E-state index in [4.69, 9.17) is 0 Å². The second-order valence-electron chi connectivity index (χ2n) is 9.27. The van der Waals surface area contributed by atoms with E-state index in [0.717, 1.165) is 30.6 Å². The third-order valence-corrected chi connectivity index (χ3v) is 8.16. The van der Waals surface area contributed by atoms with Gasteiger partial charge in [0.2, 0.25) is 11.5 Å². The fourth-order valence-electron chi connectivity index (χ4n) is 6.18. The molecule has 4 aliphatic carbocycles. The number of para-hydroxylation sites is 1. The summed E-state index contributed by atoms with van der Waals surface area (Å²) in [6, 6.07) is 6.64. The number of fused-ring (bicyclic) bond motifs is 1. The lowest BCUT2D eigenvalue weighted by molar-refractivity contribution is -0.267. The number of thiazole rings is 1. The topological polar surface area (TPSA) is 62.2 Å².